The molecule has 9 heteroatoms. The number of hydrogen-bond acceptors (Lipinski definition) is 6. The standard InChI is InChI=1S/C23H28N4O4S/c1-13(2)12-17(28)22(30)24-14(3)21(29)26-20-23(31)27(4)16-9-6-5-8-15(16)19(25-20)18-10-7-11-32-18/h5-11,13-14,17,20,28H,12H2,1-4H3,(H,24,30)(H,26,29)/t14-,17?,20?/m0/s1. The summed E-state index contributed by atoms with van der Waals surface area (Å²) in [5.41, 5.74) is 2.10. The van der Waals surface area contributed by atoms with Crippen LogP contribution in [-0.4, -0.2) is 53.9 Å². The third kappa shape index (κ3) is 5.23. The lowest BCUT2D eigenvalue weighted by atomic mass is 10.1. The number of thiophene rings is 1. The van der Waals surface area contributed by atoms with Crippen molar-refractivity contribution in [3.63, 3.8) is 0 Å². The SMILES string of the molecule is CC(C)CC(O)C(=O)N[C@@H](C)C(=O)NC1N=C(c2cccs2)c2ccccc2N(C)C1=O. The van der Waals surface area contributed by atoms with Crippen LogP contribution in [0.5, 0.6) is 0 Å². The largest absolute Gasteiger partial charge is 0.383 e. The Morgan fingerprint density at radius 2 is 1.88 bits per heavy atom. The fourth-order valence-electron chi connectivity index (χ4n) is 3.41. The Morgan fingerprint density at radius 1 is 1.16 bits per heavy atom. The predicted molar refractivity (Wildman–Crippen MR) is 125 cm³/mol. The van der Waals surface area contributed by atoms with Crippen LogP contribution in [0.3, 0.4) is 0 Å². The van der Waals surface area contributed by atoms with Crippen LogP contribution in [0.2, 0.25) is 0 Å². The maximum absolute atomic E-state index is 13.1. The molecular weight excluding hydrogens is 428 g/mol. The Morgan fingerprint density at radius 3 is 2.53 bits per heavy atom. The summed E-state index contributed by atoms with van der Waals surface area (Å²) in [5, 5.41) is 17.0. The highest BCUT2D eigenvalue weighted by molar-refractivity contribution is 7.12. The molecule has 0 fully saturated rings. The van der Waals surface area contributed by atoms with E-state index in [1.54, 1.807) is 7.05 Å². The molecule has 0 aliphatic carbocycles. The average Bonchev–Trinajstić information content (AvgIpc) is 3.26. The van der Waals surface area contributed by atoms with Gasteiger partial charge < -0.3 is 20.6 Å². The molecule has 32 heavy (non-hydrogen) atoms. The summed E-state index contributed by atoms with van der Waals surface area (Å²) in [6.45, 7) is 5.28. The van der Waals surface area contributed by atoms with E-state index in [1.807, 2.05) is 55.6 Å². The molecule has 1 aromatic carbocycles. The molecule has 0 radical (unpaired) electrons. The molecule has 3 N–H and O–H groups in total. The van der Waals surface area contributed by atoms with Crippen molar-refractivity contribution in [1.29, 1.82) is 0 Å². The number of hydrogen-bond donors (Lipinski definition) is 3. The Balaban J connectivity index is 1.82. The zero-order chi connectivity index (χ0) is 23.4. The number of fused-ring (bicyclic) bond motifs is 1. The number of para-hydroxylation sites is 1. The smallest absolute Gasteiger partial charge is 0.272 e. The number of rotatable bonds is 7. The van der Waals surface area contributed by atoms with Gasteiger partial charge in [0.25, 0.3) is 5.91 Å². The molecule has 3 amide bonds. The second-order valence-electron chi connectivity index (χ2n) is 8.16. The van der Waals surface area contributed by atoms with Gasteiger partial charge in [0.2, 0.25) is 18.0 Å². The lowest BCUT2D eigenvalue weighted by Crippen LogP contribution is -2.53. The van der Waals surface area contributed by atoms with Gasteiger partial charge in [0.05, 0.1) is 16.3 Å². The van der Waals surface area contributed by atoms with Crippen LogP contribution in [0, 0.1) is 5.92 Å². The lowest BCUT2D eigenvalue weighted by Gasteiger charge is -2.22. The molecular formula is C23H28N4O4S. The zero-order valence-corrected chi connectivity index (χ0v) is 19.3. The quantitative estimate of drug-likeness (QED) is 0.591. The Bertz CT molecular complexity index is 1020. The summed E-state index contributed by atoms with van der Waals surface area (Å²) in [4.78, 5) is 45.0. The summed E-state index contributed by atoms with van der Waals surface area (Å²) in [6, 6.07) is 10.3. The van der Waals surface area contributed by atoms with Crippen molar-refractivity contribution in [2.45, 2.75) is 45.5 Å². The fraction of sp³-hybridized carbons (Fsp3) is 0.391. The maximum atomic E-state index is 13.1. The molecule has 0 bridgehead atoms. The van der Waals surface area contributed by atoms with E-state index >= 15 is 0 Å². The van der Waals surface area contributed by atoms with Crippen molar-refractivity contribution in [1.82, 2.24) is 10.6 Å². The van der Waals surface area contributed by atoms with Gasteiger partial charge in [-0.15, -0.1) is 11.3 Å². The van der Waals surface area contributed by atoms with E-state index in [0.29, 0.717) is 17.8 Å². The van der Waals surface area contributed by atoms with Gasteiger partial charge >= 0.3 is 0 Å². The Kier molecular flexibility index (Phi) is 7.42. The first-order valence-electron chi connectivity index (χ1n) is 10.5. The first kappa shape index (κ1) is 23.6. The van der Waals surface area contributed by atoms with Crippen molar-refractivity contribution in [3.8, 4) is 0 Å². The Hall–Kier alpha value is -3.04. The molecule has 0 spiro atoms. The highest BCUT2D eigenvalue weighted by Gasteiger charge is 2.32. The molecule has 0 saturated carbocycles. The van der Waals surface area contributed by atoms with E-state index in [0.717, 1.165) is 10.4 Å². The van der Waals surface area contributed by atoms with Crippen LogP contribution < -0.4 is 15.5 Å². The molecule has 1 aromatic heterocycles. The summed E-state index contributed by atoms with van der Waals surface area (Å²) in [7, 11) is 1.64. The van der Waals surface area contributed by atoms with Gasteiger partial charge in [-0.3, -0.25) is 14.4 Å². The molecule has 8 nitrogen and oxygen atoms in total. The van der Waals surface area contributed by atoms with Crippen LogP contribution in [0.4, 0.5) is 5.69 Å². The number of aliphatic imine (C=N–C) groups is 1. The monoisotopic (exact) mass is 456 g/mol. The van der Waals surface area contributed by atoms with Crippen molar-refractivity contribution in [3.05, 3.63) is 52.2 Å². The first-order valence-corrected chi connectivity index (χ1v) is 11.3. The predicted octanol–water partition coefficient (Wildman–Crippen LogP) is 1.92. The lowest BCUT2D eigenvalue weighted by molar-refractivity contribution is -0.135. The highest BCUT2D eigenvalue weighted by Crippen LogP contribution is 2.28. The van der Waals surface area contributed by atoms with Crippen LogP contribution in [0.15, 0.2) is 46.8 Å². The van der Waals surface area contributed by atoms with E-state index in [9.17, 15) is 19.5 Å². The van der Waals surface area contributed by atoms with E-state index in [1.165, 1.54) is 23.2 Å². The number of amides is 3. The summed E-state index contributed by atoms with van der Waals surface area (Å²) in [6.07, 6.45) is -2.07. The second-order valence-corrected chi connectivity index (χ2v) is 9.10. The summed E-state index contributed by atoms with van der Waals surface area (Å²) >= 11 is 1.49. The van der Waals surface area contributed by atoms with E-state index in [-0.39, 0.29) is 5.92 Å². The molecule has 2 unspecified atom stereocenters. The van der Waals surface area contributed by atoms with Gasteiger partial charge in [0.1, 0.15) is 12.1 Å². The van der Waals surface area contributed by atoms with Crippen molar-refractivity contribution in [2.75, 3.05) is 11.9 Å². The number of carbonyl (C=O) groups excluding carboxylic acids is 3. The maximum Gasteiger partial charge on any atom is 0.272 e. The number of likely N-dealkylation sites (N-methyl/N-ethyl adjacent to an activating group) is 1. The van der Waals surface area contributed by atoms with E-state index in [4.69, 9.17) is 0 Å². The topological polar surface area (TPSA) is 111 Å². The van der Waals surface area contributed by atoms with Crippen molar-refractivity contribution >= 4 is 40.5 Å². The third-order valence-electron chi connectivity index (χ3n) is 5.13. The van der Waals surface area contributed by atoms with Crippen LogP contribution in [0.25, 0.3) is 0 Å². The summed E-state index contributed by atoms with van der Waals surface area (Å²) in [5.74, 6) is -1.45. The van der Waals surface area contributed by atoms with Gasteiger partial charge in [-0.05, 0) is 36.8 Å². The minimum Gasteiger partial charge on any atom is -0.383 e. The average molecular weight is 457 g/mol. The van der Waals surface area contributed by atoms with Gasteiger partial charge in [0.15, 0.2) is 0 Å². The highest BCUT2D eigenvalue weighted by atomic mass is 32.1. The number of nitrogens with one attached hydrogen (secondary N) is 2. The van der Waals surface area contributed by atoms with Crippen LogP contribution in [0.1, 0.15) is 37.6 Å². The number of benzodiazepines with no additional fused rings is 1. The Labute approximate surface area is 191 Å². The molecule has 2 heterocycles. The third-order valence-corrected chi connectivity index (χ3v) is 6.00. The number of aliphatic hydroxyl groups excluding tert-OH is 1. The molecule has 1 aliphatic heterocycles. The normalized spacial score (nSPS) is 17.8. The van der Waals surface area contributed by atoms with E-state index < -0.39 is 36.0 Å². The molecule has 3 rings (SSSR count). The van der Waals surface area contributed by atoms with Crippen LogP contribution in [-0.2, 0) is 14.4 Å². The number of benzene rings is 1. The second kappa shape index (κ2) is 10.1. The number of aliphatic hydroxyl groups is 1. The van der Waals surface area contributed by atoms with Crippen molar-refractivity contribution in [2.24, 2.45) is 10.9 Å². The summed E-state index contributed by atoms with van der Waals surface area (Å²) < 4.78 is 0. The number of carbonyl (C=O) groups is 3. The fourth-order valence-corrected chi connectivity index (χ4v) is 4.15. The zero-order valence-electron chi connectivity index (χ0n) is 18.5. The van der Waals surface area contributed by atoms with Crippen LogP contribution >= 0.6 is 11.3 Å². The van der Waals surface area contributed by atoms with Gasteiger partial charge in [0, 0.05) is 12.6 Å². The molecule has 3 atom stereocenters. The first-order chi connectivity index (χ1) is 15.2. The van der Waals surface area contributed by atoms with E-state index in [2.05, 4.69) is 15.6 Å². The molecule has 1 aliphatic rings. The minimum absolute atomic E-state index is 0.130. The van der Waals surface area contributed by atoms with Gasteiger partial charge in [-0.2, -0.15) is 0 Å². The minimum atomic E-state index is -1.20. The van der Waals surface area contributed by atoms with Gasteiger partial charge in [-0.25, -0.2) is 4.99 Å². The number of nitrogens with zero attached hydrogens (tertiary/aromatic N) is 2. The van der Waals surface area contributed by atoms with Crippen molar-refractivity contribution < 1.29 is 19.5 Å². The van der Waals surface area contributed by atoms with Gasteiger partial charge in [-0.1, -0.05) is 38.1 Å². The molecule has 0 saturated heterocycles. The number of anilines is 1. The molecule has 2 aromatic rings. The molecule has 170 valence electrons.